The summed E-state index contributed by atoms with van der Waals surface area (Å²) in [6.07, 6.45) is 1.61. The minimum absolute atomic E-state index is 0.161. The zero-order valence-corrected chi connectivity index (χ0v) is 11.6. The van der Waals surface area contributed by atoms with Crippen LogP contribution in [0.1, 0.15) is 18.9 Å². The highest BCUT2D eigenvalue weighted by atomic mass is 16.5. The Bertz CT molecular complexity index is 469. The molecule has 3 unspecified atom stereocenters. The second-order valence-corrected chi connectivity index (χ2v) is 5.20. The normalized spacial score (nSPS) is 22.7. The number of benzene rings is 1. The molecule has 4 nitrogen and oxygen atoms in total. The van der Waals surface area contributed by atoms with Crippen molar-refractivity contribution < 1.29 is 19.4 Å². The zero-order valence-electron chi connectivity index (χ0n) is 11.6. The number of methoxy groups -OCH3 is 2. The highest BCUT2D eigenvalue weighted by Gasteiger charge is 2.46. The molecule has 0 aliphatic heterocycles. The molecule has 0 radical (unpaired) electrons. The van der Waals surface area contributed by atoms with E-state index in [2.05, 4.69) is 6.92 Å². The van der Waals surface area contributed by atoms with Crippen molar-refractivity contribution in [3.05, 3.63) is 23.8 Å². The second-order valence-electron chi connectivity index (χ2n) is 5.20. The second kappa shape index (κ2) is 5.51. The molecule has 0 heterocycles. The lowest BCUT2D eigenvalue weighted by Gasteiger charge is -2.15. The number of hydrogen-bond acceptors (Lipinski definition) is 3. The van der Waals surface area contributed by atoms with Crippen molar-refractivity contribution in [1.82, 2.24) is 0 Å². The molecule has 1 aromatic rings. The van der Waals surface area contributed by atoms with Gasteiger partial charge in [-0.15, -0.1) is 0 Å². The number of aliphatic carboxylic acids is 1. The molecule has 19 heavy (non-hydrogen) atoms. The maximum absolute atomic E-state index is 10.9. The van der Waals surface area contributed by atoms with Gasteiger partial charge >= 0.3 is 5.97 Å². The summed E-state index contributed by atoms with van der Waals surface area (Å²) in [5.41, 5.74) is 1.07. The number of carboxylic acids is 1. The fraction of sp³-hybridized carbons (Fsp3) is 0.533. The molecule has 2 rings (SSSR count). The summed E-state index contributed by atoms with van der Waals surface area (Å²) in [4.78, 5) is 10.9. The Morgan fingerprint density at radius 1 is 1.42 bits per heavy atom. The summed E-state index contributed by atoms with van der Waals surface area (Å²) >= 11 is 0. The molecular formula is C15H20O4. The third-order valence-electron chi connectivity index (χ3n) is 3.92. The highest BCUT2D eigenvalue weighted by Crippen LogP contribution is 2.46. The molecule has 1 N–H and O–H groups in total. The van der Waals surface area contributed by atoms with Gasteiger partial charge in [-0.2, -0.15) is 0 Å². The number of ether oxygens (including phenoxy) is 2. The van der Waals surface area contributed by atoms with Gasteiger partial charge in [-0.25, -0.2) is 0 Å². The van der Waals surface area contributed by atoms with E-state index in [1.54, 1.807) is 14.2 Å². The van der Waals surface area contributed by atoms with Crippen LogP contribution in [0.4, 0.5) is 0 Å². The van der Waals surface area contributed by atoms with Crippen LogP contribution in [0.2, 0.25) is 0 Å². The molecule has 0 saturated heterocycles. The molecule has 1 fully saturated rings. The van der Waals surface area contributed by atoms with Crippen LogP contribution in [0, 0.1) is 17.8 Å². The van der Waals surface area contributed by atoms with Crippen molar-refractivity contribution in [3.63, 3.8) is 0 Å². The van der Waals surface area contributed by atoms with Gasteiger partial charge in [0, 0.05) is 0 Å². The maximum atomic E-state index is 10.9. The van der Waals surface area contributed by atoms with E-state index in [1.807, 2.05) is 18.2 Å². The molecule has 0 amide bonds. The Balaban J connectivity index is 2.07. The molecule has 1 saturated carbocycles. The SMILES string of the molecule is COc1ccc(OC)c(CC(C)C2CC2C(=O)O)c1. The van der Waals surface area contributed by atoms with Crippen LogP contribution in [0.15, 0.2) is 18.2 Å². The van der Waals surface area contributed by atoms with Gasteiger partial charge in [-0.1, -0.05) is 6.92 Å². The quantitative estimate of drug-likeness (QED) is 0.858. The Hall–Kier alpha value is -1.71. The van der Waals surface area contributed by atoms with Crippen LogP contribution in [-0.4, -0.2) is 25.3 Å². The van der Waals surface area contributed by atoms with Gasteiger partial charge in [-0.05, 0) is 48.4 Å². The van der Waals surface area contributed by atoms with Gasteiger partial charge in [0.05, 0.1) is 20.1 Å². The summed E-state index contributed by atoms with van der Waals surface area (Å²) in [5, 5.41) is 8.98. The van der Waals surface area contributed by atoms with Crippen molar-refractivity contribution >= 4 is 5.97 Å². The van der Waals surface area contributed by atoms with Crippen LogP contribution in [0.3, 0.4) is 0 Å². The molecule has 104 valence electrons. The average molecular weight is 264 g/mol. The summed E-state index contributed by atoms with van der Waals surface area (Å²) in [6, 6.07) is 5.72. The molecule has 1 aromatic carbocycles. The Kier molecular flexibility index (Phi) is 3.98. The lowest BCUT2D eigenvalue weighted by atomic mass is 9.95. The summed E-state index contributed by atoms with van der Waals surface area (Å²) in [5.74, 6) is 1.42. The largest absolute Gasteiger partial charge is 0.497 e. The first-order chi connectivity index (χ1) is 9.06. The van der Waals surface area contributed by atoms with Gasteiger partial charge in [0.1, 0.15) is 11.5 Å². The monoisotopic (exact) mass is 264 g/mol. The van der Waals surface area contributed by atoms with Crippen molar-refractivity contribution in [3.8, 4) is 11.5 Å². The minimum atomic E-state index is -0.672. The number of rotatable bonds is 6. The summed E-state index contributed by atoms with van der Waals surface area (Å²) in [6.45, 7) is 2.10. The maximum Gasteiger partial charge on any atom is 0.306 e. The predicted molar refractivity (Wildman–Crippen MR) is 71.6 cm³/mol. The van der Waals surface area contributed by atoms with E-state index >= 15 is 0 Å². The van der Waals surface area contributed by atoms with E-state index in [-0.39, 0.29) is 11.8 Å². The fourth-order valence-corrected chi connectivity index (χ4v) is 2.67. The van der Waals surface area contributed by atoms with E-state index in [1.165, 1.54) is 0 Å². The summed E-state index contributed by atoms with van der Waals surface area (Å²) < 4.78 is 10.6. The molecule has 3 atom stereocenters. The van der Waals surface area contributed by atoms with E-state index < -0.39 is 5.97 Å². The van der Waals surface area contributed by atoms with E-state index in [0.717, 1.165) is 29.9 Å². The van der Waals surface area contributed by atoms with Gasteiger partial charge in [0.2, 0.25) is 0 Å². The third kappa shape index (κ3) is 3.00. The van der Waals surface area contributed by atoms with Crippen LogP contribution in [-0.2, 0) is 11.2 Å². The molecule has 4 heteroatoms. The third-order valence-corrected chi connectivity index (χ3v) is 3.92. The number of carbonyl (C=O) groups is 1. The predicted octanol–water partition coefficient (Wildman–Crippen LogP) is 2.60. The van der Waals surface area contributed by atoms with Gasteiger partial charge in [0.15, 0.2) is 0 Å². The fourth-order valence-electron chi connectivity index (χ4n) is 2.67. The van der Waals surface area contributed by atoms with Crippen LogP contribution in [0.25, 0.3) is 0 Å². The van der Waals surface area contributed by atoms with Crippen molar-refractivity contribution in [2.45, 2.75) is 19.8 Å². The molecule has 1 aliphatic rings. The van der Waals surface area contributed by atoms with Crippen LogP contribution >= 0.6 is 0 Å². The molecule has 0 aromatic heterocycles. The molecule has 0 spiro atoms. The first-order valence-corrected chi connectivity index (χ1v) is 6.50. The number of carboxylic acid groups (broad SMARTS) is 1. The minimum Gasteiger partial charge on any atom is -0.497 e. The van der Waals surface area contributed by atoms with Crippen molar-refractivity contribution in [2.75, 3.05) is 14.2 Å². The molecule has 0 bridgehead atoms. The van der Waals surface area contributed by atoms with Gasteiger partial charge < -0.3 is 14.6 Å². The van der Waals surface area contributed by atoms with Crippen LogP contribution < -0.4 is 9.47 Å². The lowest BCUT2D eigenvalue weighted by molar-refractivity contribution is -0.139. The lowest BCUT2D eigenvalue weighted by Crippen LogP contribution is -2.09. The Morgan fingerprint density at radius 2 is 2.16 bits per heavy atom. The van der Waals surface area contributed by atoms with E-state index in [0.29, 0.717) is 5.92 Å². The standard InChI is InChI=1S/C15H20O4/c1-9(12-8-13(12)15(16)17)6-10-7-11(18-2)4-5-14(10)19-3/h4-5,7,9,12-13H,6,8H2,1-3H3,(H,16,17). The molecular weight excluding hydrogens is 244 g/mol. The Labute approximate surface area is 113 Å². The topological polar surface area (TPSA) is 55.8 Å². The van der Waals surface area contributed by atoms with Crippen LogP contribution in [0.5, 0.6) is 11.5 Å². The number of hydrogen-bond donors (Lipinski definition) is 1. The van der Waals surface area contributed by atoms with Gasteiger partial charge in [-0.3, -0.25) is 4.79 Å². The van der Waals surface area contributed by atoms with Crippen molar-refractivity contribution in [2.24, 2.45) is 17.8 Å². The van der Waals surface area contributed by atoms with E-state index in [4.69, 9.17) is 14.6 Å². The average Bonchev–Trinajstić information content (AvgIpc) is 3.19. The van der Waals surface area contributed by atoms with Gasteiger partial charge in [0.25, 0.3) is 0 Å². The summed E-state index contributed by atoms with van der Waals surface area (Å²) in [7, 11) is 3.28. The smallest absolute Gasteiger partial charge is 0.306 e. The first-order valence-electron chi connectivity index (χ1n) is 6.50. The van der Waals surface area contributed by atoms with Crippen molar-refractivity contribution in [1.29, 1.82) is 0 Å². The van der Waals surface area contributed by atoms with E-state index in [9.17, 15) is 4.79 Å². The zero-order chi connectivity index (χ0) is 14.0. The Morgan fingerprint density at radius 3 is 2.68 bits per heavy atom. The molecule has 1 aliphatic carbocycles. The first kappa shape index (κ1) is 13.7. The highest BCUT2D eigenvalue weighted by molar-refractivity contribution is 5.73.